The highest BCUT2D eigenvalue weighted by atomic mass is 14.9. The van der Waals surface area contributed by atoms with Gasteiger partial charge < -0.3 is 0 Å². The molecule has 0 aliphatic rings. The molecule has 0 saturated heterocycles. The van der Waals surface area contributed by atoms with Gasteiger partial charge in [0.1, 0.15) is 0 Å². The Hall–Kier alpha value is -2.15. The summed E-state index contributed by atoms with van der Waals surface area (Å²) in [5.41, 5.74) is 2.48. The molecule has 0 amide bonds. The van der Waals surface area contributed by atoms with Gasteiger partial charge in [-0.25, -0.2) is 0 Å². The van der Waals surface area contributed by atoms with Crippen molar-refractivity contribution < 1.29 is 4.57 Å². The number of benzene rings is 2. The highest BCUT2D eigenvalue weighted by Crippen LogP contribution is 2.11. The van der Waals surface area contributed by atoms with E-state index in [0.717, 1.165) is 0 Å². The molecule has 3 aromatic rings. The minimum absolute atomic E-state index is 1.20. The van der Waals surface area contributed by atoms with Crippen LogP contribution in [0, 0.1) is 6.92 Å². The zero-order valence-corrected chi connectivity index (χ0v) is 9.80. The van der Waals surface area contributed by atoms with Gasteiger partial charge in [0.05, 0.1) is 0 Å². The predicted molar refractivity (Wildman–Crippen MR) is 70.2 cm³/mol. The Bertz CT molecular complexity index is 654. The van der Waals surface area contributed by atoms with Crippen molar-refractivity contribution in [2.75, 3.05) is 0 Å². The summed E-state index contributed by atoms with van der Waals surface area (Å²) in [6.07, 6.45) is 4.27. The molecule has 0 bridgehead atoms. The topological polar surface area (TPSA) is 3.88 Å². The van der Waals surface area contributed by atoms with E-state index in [0.29, 0.717) is 0 Å². The summed E-state index contributed by atoms with van der Waals surface area (Å²) in [6, 6.07) is 19.1. The first-order valence-electron chi connectivity index (χ1n) is 5.80. The minimum atomic E-state index is 1.20. The van der Waals surface area contributed by atoms with Crippen molar-refractivity contribution in [3.05, 3.63) is 72.6 Å². The fourth-order valence-corrected chi connectivity index (χ4v) is 2.01. The van der Waals surface area contributed by atoms with E-state index in [1.807, 2.05) is 0 Å². The van der Waals surface area contributed by atoms with Crippen molar-refractivity contribution >= 4 is 10.8 Å². The van der Waals surface area contributed by atoms with Crippen molar-refractivity contribution in [1.29, 1.82) is 0 Å². The summed E-state index contributed by atoms with van der Waals surface area (Å²) in [7, 11) is 0. The molecule has 0 fully saturated rings. The molecule has 0 atom stereocenters. The van der Waals surface area contributed by atoms with Gasteiger partial charge in [-0.2, -0.15) is 4.57 Å². The molecule has 2 aromatic carbocycles. The van der Waals surface area contributed by atoms with Crippen LogP contribution in [-0.2, 0) is 0 Å². The van der Waals surface area contributed by atoms with Crippen LogP contribution in [0.3, 0.4) is 0 Å². The standard InChI is InChI=1S/C16H14N/c1-13-6-8-16(9-7-13)17-11-10-14-4-2-3-5-15(14)12-17/h2-12H,1H3/q+1. The van der Waals surface area contributed by atoms with Gasteiger partial charge in [0.15, 0.2) is 12.4 Å². The van der Waals surface area contributed by atoms with E-state index < -0.39 is 0 Å². The van der Waals surface area contributed by atoms with E-state index in [9.17, 15) is 0 Å². The molecule has 0 aliphatic carbocycles. The lowest BCUT2D eigenvalue weighted by molar-refractivity contribution is -0.594. The third kappa shape index (κ3) is 1.92. The number of aryl methyl sites for hydroxylation is 1. The molecule has 1 aromatic heterocycles. The summed E-state index contributed by atoms with van der Waals surface area (Å²) < 4.78 is 2.15. The normalized spacial score (nSPS) is 10.6. The molecule has 1 heteroatoms. The average Bonchev–Trinajstić information content (AvgIpc) is 2.39. The minimum Gasteiger partial charge on any atom is -0.167 e. The SMILES string of the molecule is Cc1ccc(-[n+]2ccc3ccccc3c2)cc1. The van der Waals surface area contributed by atoms with Gasteiger partial charge in [-0.15, -0.1) is 0 Å². The molecule has 0 N–H and O–H groups in total. The first-order valence-corrected chi connectivity index (χ1v) is 5.80. The number of hydrogen-bond acceptors (Lipinski definition) is 0. The second-order valence-electron chi connectivity index (χ2n) is 4.32. The fourth-order valence-electron chi connectivity index (χ4n) is 2.01. The molecule has 0 saturated carbocycles. The number of hydrogen-bond donors (Lipinski definition) is 0. The van der Waals surface area contributed by atoms with E-state index in [2.05, 4.69) is 78.5 Å². The lowest BCUT2D eigenvalue weighted by Gasteiger charge is -1.98. The summed E-state index contributed by atoms with van der Waals surface area (Å²) in [5.74, 6) is 0. The first kappa shape index (κ1) is 10.0. The number of fused-ring (bicyclic) bond motifs is 1. The second-order valence-corrected chi connectivity index (χ2v) is 4.32. The van der Waals surface area contributed by atoms with Crippen molar-refractivity contribution in [3.8, 4) is 5.69 Å². The van der Waals surface area contributed by atoms with E-state index in [1.165, 1.54) is 22.0 Å². The van der Waals surface area contributed by atoms with Gasteiger partial charge >= 0.3 is 0 Å². The summed E-state index contributed by atoms with van der Waals surface area (Å²) >= 11 is 0. The Morgan fingerprint density at radius 1 is 0.765 bits per heavy atom. The van der Waals surface area contributed by atoms with Crippen LogP contribution >= 0.6 is 0 Å². The Morgan fingerprint density at radius 2 is 1.47 bits per heavy atom. The van der Waals surface area contributed by atoms with Crippen molar-refractivity contribution in [2.45, 2.75) is 6.92 Å². The lowest BCUT2D eigenvalue weighted by atomic mass is 10.1. The van der Waals surface area contributed by atoms with Crippen LogP contribution in [0.2, 0.25) is 0 Å². The third-order valence-corrected chi connectivity index (χ3v) is 3.02. The van der Waals surface area contributed by atoms with Crippen molar-refractivity contribution in [2.24, 2.45) is 0 Å². The molecule has 82 valence electrons. The van der Waals surface area contributed by atoms with Crippen molar-refractivity contribution in [3.63, 3.8) is 0 Å². The smallest absolute Gasteiger partial charge is 0.167 e. The molecule has 0 unspecified atom stereocenters. The van der Waals surface area contributed by atoms with E-state index in [-0.39, 0.29) is 0 Å². The van der Waals surface area contributed by atoms with Crippen molar-refractivity contribution in [1.82, 2.24) is 0 Å². The lowest BCUT2D eigenvalue weighted by Crippen LogP contribution is -2.29. The largest absolute Gasteiger partial charge is 0.210 e. The zero-order chi connectivity index (χ0) is 11.7. The van der Waals surface area contributed by atoms with E-state index >= 15 is 0 Å². The molecule has 0 spiro atoms. The molecular weight excluding hydrogens is 206 g/mol. The molecule has 1 heterocycles. The van der Waals surface area contributed by atoms with Crippen LogP contribution in [0.4, 0.5) is 0 Å². The van der Waals surface area contributed by atoms with E-state index in [4.69, 9.17) is 0 Å². The number of pyridine rings is 1. The maximum Gasteiger partial charge on any atom is 0.210 e. The maximum atomic E-state index is 2.17. The van der Waals surface area contributed by atoms with Crippen LogP contribution in [-0.4, -0.2) is 0 Å². The maximum absolute atomic E-state index is 2.17. The third-order valence-electron chi connectivity index (χ3n) is 3.02. The molecule has 3 rings (SSSR count). The zero-order valence-electron chi connectivity index (χ0n) is 9.80. The van der Waals surface area contributed by atoms with Gasteiger partial charge in [0.2, 0.25) is 5.69 Å². The van der Waals surface area contributed by atoms with Gasteiger partial charge in [0.25, 0.3) is 0 Å². The highest BCUT2D eigenvalue weighted by molar-refractivity contribution is 5.80. The highest BCUT2D eigenvalue weighted by Gasteiger charge is 2.05. The molecule has 0 aliphatic heterocycles. The summed E-state index contributed by atoms with van der Waals surface area (Å²) in [6.45, 7) is 2.11. The Labute approximate surface area is 101 Å². The molecule has 0 radical (unpaired) electrons. The predicted octanol–water partition coefficient (Wildman–Crippen LogP) is 3.42. The average molecular weight is 220 g/mol. The van der Waals surface area contributed by atoms with Crippen LogP contribution in [0.25, 0.3) is 16.5 Å². The Morgan fingerprint density at radius 3 is 2.24 bits per heavy atom. The number of aromatic nitrogens is 1. The Kier molecular flexibility index (Phi) is 2.37. The van der Waals surface area contributed by atoms with Gasteiger partial charge in [-0.1, -0.05) is 35.9 Å². The molecule has 17 heavy (non-hydrogen) atoms. The van der Waals surface area contributed by atoms with Gasteiger partial charge in [-0.3, -0.25) is 0 Å². The molecule has 1 nitrogen and oxygen atoms in total. The number of nitrogens with zero attached hydrogens (tertiary/aromatic N) is 1. The summed E-state index contributed by atoms with van der Waals surface area (Å²) in [4.78, 5) is 0. The quantitative estimate of drug-likeness (QED) is 0.553. The second kappa shape index (κ2) is 4.02. The van der Waals surface area contributed by atoms with Gasteiger partial charge in [-0.05, 0) is 18.4 Å². The van der Waals surface area contributed by atoms with E-state index in [1.54, 1.807) is 0 Å². The molecular formula is C16H14N+. The Balaban J connectivity index is 2.14. The van der Waals surface area contributed by atoms with Crippen LogP contribution in [0.1, 0.15) is 5.56 Å². The fraction of sp³-hybridized carbons (Fsp3) is 0.0625. The first-order chi connectivity index (χ1) is 8.33. The monoisotopic (exact) mass is 220 g/mol. The van der Waals surface area contributed by atoms with Gasteiger partial charge in [0, 0.05) is 23.6 Å². The van der Waals surface area contributed by atoms with Crippen LogP contribution < -0.4 is 4.57 Å². The number of rotatable bonds is 1. The summed E-state index contributed by atoms with van der Waals surface area (Å²) in [5, 5.41) is 2.53. The van der Waals surface area contributed by atoms with Crippen LogP contribution in [0.5, 0.6) is 0 Å². The van der Waals surface area contributed by atoms with Crippen LogP contribution in [0.15, 0.2) is 67.0 Å².